The SMILES string of the molecule is Cc1cccc(NC(=O)c2cccc(C(=O)N3CCCc4ccccc43)c2)c1. The Kier molecular flexibility index (Phi) is 4.94. The summed E-state index contributed by atoms with van der Waals surface area (Å²) >= 11 is 0. The van der Waals surface area contributed by atoms with E-state index in [2.05, 4.69) is 11.4 Å². The van der Waals surface area contributed by atoms with Gasteiger partial charge in [0.2, 0.25) is 0 Å². The molecule has 0 saturated heterocycles. The Labute approximate surface area is 164 Å². The largest absolute Gasteiger partial charge is 0.322 e. The standard InChI is InChI=1S/C24H22N2O2/c1-17-7-4-12-21(15-17)25-23(27)19-9-5-10-20(16-19)24(28)26-14-6-11-18-8-2-3-13-22(18)26/h2-5,7-10,12-13,15-16H,6,11,14H2,1H3,(H,25,27). The van der Waals surface area contributed by atoms with E-state index in [1.807, 2.05) is 54.3 Å². The lowest BCUT2D eigenvalue weighted by molar-refractivity contribution is 0.0985. The van der Waals surface area contributed by atoms with Crippen LogP contribution in [0.25, 0.3) is 0 Å². The summed E-state index contributed by atoms with van der Waals surface area (Å²) in [5, 5.41) is 2.90. The fourth-order valence-corrected chi connectivity index (χ4v) is 3.62. The van der Waals surface area contributed by atoms with Gasteiger partial charge in [-0.25, -0.2) is 0 Å². The molecular weight excluding hydrogens is 348 g/mol. The predicted octanol–water partition coefficient (Wildman–Crippen LogP) is 4.84. The minimum atomic E-state index is -0.223. The van der Waals surface area contributed by atoms with Crippen LogP contribution < -0.4 is 10.2 Å². The lowest BCUT2D eigenvalue weighted by atomic mass is 10.0. The fraction of sp³-hybridized carbons (Fsp3) is 0.167. The number of carbonyl (C=O) groups is 2. The third-order valence-electron chi connectivity index (χ3n) is 5.00. The molecule has 1 N–H and O–H groups in total. The van der Waals surface area contributed by atoms with Gasteiger partial charge in [-0.15, -0.1) is 0 Å². The molecule has 1 aliphatic rings. The molecule has 2 amide bonds. The Bertz CT molecular complexity index is 1040. The molecule has 4 heteroatoms. The molecule has 0 saturated carbocycles. The second-order valence-electron chi connectivity index (χ2n) is 7.09. The van der Waals surface area contributed by atoms with Gasteiger partial charge in [-0.3, -0.25) is 9.59 Å². The fourth-order valence-electron chi connectivity index (χ4n) is 3.62. The van der Waals surface area contributed by atoms with Gasteiger partial charge >= 0.3 is 0 Å². The summed E-state index contributed by atoms with van der Waals surface area (Å²) in [5.74, 6) is -0.295. The molecular formula is C24H22N2O2. The van der Waals surface area contributed by atoms with Gasteiger partial charge in [0.15, 0.2) is 0 Å². The molecule has 0 atom stereocenters. The number of benzene rings is 3. The zero-order chi connectivity index (χ0) is 19.5. The number of amides is 2. The number of anilines is 2. The molecule has 0 aromatic heterocycles. The van der Waals surface area contributed by atoms with Gasteiger partial charge in [-0.05, 0) is 67.3 Å². The third kappa shape index (κ3) is 3.67. The van der Waals surface area contributed by atoms with Gasteiger partial charge in [0.05, 0.1) is 0 Å². The van der Waals surface area contributed by atoms with Crippen LogP contribution in [-0.4, -0.2) is 18.4 Å². The zero-order valence-corrected chi connectivity index (χ0v) is 15.8. The summed E-state index contributed by atoms with van der Waals surface area (Å²) in [6.45, 7) is 2.67. The van der Waals surface area contributed by atoms with Gasteiger partial charge < -0.3 is 10.2 Å². The van der Waals surface area contributed by atoms with Gasteiger partial charge in [0.1, 0.15) is 0 Å². The first-order chi connectivity index (χ1) is 13.6. The summed E-state index contributed by atoms with van der Waals surface area (Å²) in [6, 6.07) is 22.6. The number of rotatable bonds is 3. The minimum Gasteiger partial charge on any atom is -0.322 e. The molecule has 0 unspecified atom stereocenters. The molecule has 28 heavy (non-hydrogen) atoms. The number of aryl methyl sites for hydroxylation is 2. The summed E-state index contributed by atoms with van der Waals surface area (Å²) in [5.41, 5.74) is 4.97. The van der Waals surface area contributed by atoms with Crippen LogP contribution in [0.4, 0.5) is 11.4 Å². The molecule has 4 nitrogen and oxygen atoms in total. The van der Waals surface area contributed by atoms with Crippen molar-refractivity contribution >= 4 is 23.2 Å². The Balaban J connectivity index is 1.57. The van der Waals surface area contributed by atoms with Crippen molar-refractivity contribution in [2.75, 3.05) is 16.8 Å². The number of hydrogen-bond acceptors (Lipinski definition) is 2. The highest BCUT2D eigenvalue weighted by Crippen LogP contribution is 2.28. The molecule has 0 radical (unpaired) electrons. The van der Waals surface area contributed by atoms with E-state index in [-0.39, 0.29) is 11.8 Å². The van der Waals surface area contributed by atoms with Crippen molar-refractivity contribution in [3.8, 4) is 0 Å². The molecule has 0 fully saturated rings. The Morgan fingerprint density at radius 2 is 1.68 bits per heavy atom. The van der Waals surface area contributed by atoms with Crippen molar-refractivity contribution in [1.29, 1.82) is 0 Å². The summed E-state index contributed by atoms with van der Waals surface area (Å²) in [6.07, 6.45) is 1.93. The molecule has 3 aromatic rings. The van der Waals surface area contributed by atoms with Gasteiger partial charge in [0, 0.05) is 29.0 Å². The predicted molar refractivity (Wildman–Crippen MR) is 112 cm³/mol. The average Bonchev–Trinajstić information content (AvgIpc) is 2.73. The second-order valence-corrected chi connectivity index (χ2v) is 7.09. The molecule has 0 bridgehead atoms. The van der Waals surface area contributed by atoms with Crippen molar-refractivity contribution in [3.63, 3.8) is 0 Å². The average molecular weight is 370 g/mol. The van der Waals surface area contributed by atoms with E-state index in [1.165, 1.54) is 5.56 Å². The van der Waals surface area contributed by atoms with Crippen molar-refractivity contribution in [2.24, 2.45) is 0 Å². The monoisotopic (exact) mass is 370 g/mol. The smallest absolute Gasteiger partial charge is 0.258 e. The number of nitrogens with zero attached hydrogens (tertiary/aromatic N) is 1. The van der Waals surface area contributed by atoms with Crippen molar-refractivity contribution < 1.29 is 9.59 Å². The molecule has 0 spiro atoms. The van der Waals surface area contributed by atoms with Gasteiger partial charge in [0.25, 0.3) is 11.8 Å². The van der Waals surface area contributed by atoms with Crippen LogP contribution in [0.1, 0.15) is 38.3 Å². The van der Waals surface area contributed by atoms with Crippen molar-refractivity contribution in [3.05, 3.63) is 95.1 Å². The second kappa shape index (κ2) is 7.69. The third-order valence-corrected chi connectivity index (χ3v) is 5.00. The number of fused-ring (bicyclic) bond motifs is 1. The molecule has 1 aliphatic heterocycles. The van der Waals surface area contributed by atoms with Gasteiger partial charge in [-0.2, -0.15) is 0 Å². The number of carbonyl (C=O) groups excluding carboxylic acids is 2. The van der Waals surface area contributed by atoms with Crippen LogP contribution in [0.3, 0.4) is 0 Å². The number of para-hydroxylation sites is 1. The van der Waals surface area contributed by atoms with E-state index < -0.39 is 0 Å². The zero-order valence-electron chi connectivity index (χ0n) is 15.8. The Morgan fingerprint density at radius 3 is 2.54 bits per heavy atom. The highest BCUT2D eigenvalue weighted by atomic mass is 16.2. The highest BCUT2D eigenvalue weighted by molar-refractivity contribution is 6.10. The van der Waals surface area contributed by atoms with Crippen LogP contribution in [0, 0.1) is 6.92 Å². The first-order valence-electron chi connectivity index (χ1n) is 9.50. The summed E-state index contributed by atoms with van der Waals surface area (Å²) < 4.78 is 0. The lowest BCUT2D eigenvalue weighted by Gasteiger charge is -2.29. The van der Waals surface area contributed by atoms with Crippen LogP contribution >= 0.6 is 0 Å². The van der Waals surface area contributed by atoms with E-state index in [4.69, 9.17) is 0 Å². The molecule has 3 aromatic carbocycles. The van der Waals surface area contributed by atoms with E-state index in [0.717, 1.165) is 29.8 Å². The topological polar surface area (TPSA) is 49.4 Å². The Hall–Kier alpha value is -3.40. The number of nitrogens with one attached hydrogen (secondary N) is 1. The maximum Gasteiger partial charge on any atom is 0.258 e. The first-order valence-corrected chi connectivity index (χ1v) is 9.50. The van der Waals surface area contributed by atoms with E-state index in [0.29, 0.717) is 17.7 Å². The highest BCUT2D eigenvalue weighted by Gasteiger charge is 2.23. The quantitative estimate of drug-likeness (QED) is 0.717. The molecule has 140 valence electrons. The van der Waals surface area contributed by atoms with Gasteiger partial charge in [-0.1, -0.05) is 36.4 Å². The van der Waals surface area contributed by atoms with E-state index >= 15 is 0 Å². The van der Waals surface area contributed by atoms with Crippen molar-refractivity contribution in [2.45, 2.75) is 19.8 Å². The maximum absolute atomic E-state index is 13.1. The Morgan fingerprint density at radius 1 is 0.893 bits per heavy atom. The van der Waals surface area contributed by atoms with Crippen LogP contribution in [0.15, 0.2) is 72.8 Å². The van der Waals surface area contributed by atoms with Crippen molar-refractivity contribution in [1.82, 2.24) is 0 Å². The normalized spacial score (nSPS) is 13.0. The van der Waals surface area contributed by atoms with Crippen LogP contribution in [-0.2, 0) is 6.42 Å². The summed E-state index contributed by atoms with van der Waals surface area (Å²) in [7, 11) is 0. The molecule has 0 aliphatic carbocycles. The number of hydrogen-bond donors (Lipinski definition) is 1. The van der Waals surface area contributed by atoms with E-state index in [9.17, 15) is 9.59 Å². The lowest BCUT2D eigenvalue weighted by Crippen LogP contribution is -2.35. The summed E-state index contributed by atoms with van der Waals surface area (Å²) in [4.78, 5) is 27.6. The minimum absolute atomic E-state index is 0.0719. The van der Waals surface area contributed by atoms with Crippen LogP contribution in [0.2, 0.25) is 0 Å². The first kappa shape index (κ1) is 18.0. The van der Waals surface area contributed by atoms with Crippen LogP contribution in [0.5, 0.6) is 0 Å². The maximum atomic E-state index is 13.1. The van der Waals surface area contributed by atoms with E-state index in [1.54, 1.807) is 24.3 Å². The molecule has 1 heterocycles. The molecule has 4 rings (SSSR count).